The first-order chi connectivity index (χ1) is 9.47. The molecule has 0 saturated heterocycles. The van der Waals surface area contributed by atoms with Crippen LogP contribution < -0.4 is 0 Å². The summed E-state index contributed by atoms with van der Waals surface area (Å²) in [6.07, 6.45) is 1.80. The molecule has 2 heterocycles. The van der Waals surface area contributed by atoms with Gasteiger partial charge < -0.3 is 9.88 Å². The summed E-state index contributed by atoms with van der Waals surface area (Å²) in [7, 11) is 0. The number of aromatic nitrogens is 1. The van der Waals surface area contributed by atoms with Gasteiger partial charge in [0.2, 0.25) is 0 Å². The smallest absolute Gasteiger partial charge is 0.260 e. The van der Waals surface area contributed by atoms with Gasteiger partial charge in [0, 0.05) is 23.1 Å². The summed E-state index contributed by atoms with van der Waals surface area (Å²) in [5, 5.41) is 1.22. The number of halogens is 1. The van der Waals surface area contributed by atoms with Crippen molar-refractivity contribution in [2.24, 2.45) is 0 Å². The van der Waals surface area contributed by atoms with Crippen LogP contribution in [-0.4, -0.2) is 28.0 Å². The van der Waals surface area contributed by atoms with Crippen molar-refractivity contribution in [3.63, 3.8) is 0 Å². The van der Waals surface area contributed by atoms with Crippen LogP contribution in [0.4, 0.5) is 4.39 Å². The number of carbonyl (C=O) groups is 1. The minimum Gasteiger partial charge on any atom is -0.357 e. The normalized spacial score (nSPS) is 16.1. The molecule has 1 aromatic carbocycles. The third-order valence-corrected chi connectivity index (χ3v) is 3.90. The SMILES string of the molecule is CC(C)(F)C(=O)N1CCCc2c([nH]c3ccccc23)C1. The maximum atomic E-state index is 13.9. The Morgan fingerprint density at radius 3 is 2.85 bits per heavy atom. The van der Waals surface area contributed by atoms with Gasteiger partial charge in [-0.15, -0.1) is 0 Å². The maximum Gasteiger partial charge on any atom is 0.260 e. The van der Waals surface area contributed by atoms with Crippen LogP contribution in [-0.2, 0) is 17.8 Å². The van der Waals surface area contributed by atoms with Crippen molar-refractivity contribution in [1.29, 1.82) is 0 Å². The molecule has 0 spiro atoms. The molecule has 1 aromatic heterocycles. The summed E-state index contributed by atoms with van der Waals surface area (Å²) in [6.45, 7) is 3.73. The predicted octanol–water partition coefficient (Wildman–Crippen LogP) is 3.19. The third-order valence-electron chi connectivity index (χ3n) is 3.90. The molecule has 20 heavy (non-hydrogen) atoms. The molecule has 106 valence electrons. The summed E-state index contributed by atoms with van der Waals surface area (Å²) in [6, 6.07) is 8.15. The number of carbonyl (C=O) groups excluding carboxylic acids is 1. The number of rotatable bonds is 1. The quantitative estimate of drug-likeness (QED) is 0.851. The molecule has 1 aliphatic heterocycles. The molecule has 3 nitrogen and oxygen atoms in total. The lowest BCUT2D eigenvalue weighted by Crippen LogP contribution is -2.42. The van der Waals surface area contributed by atoms with Gasteiger partial charge >= 0.3 is 0 Å². The summed E-state index contributed by atoms with van der Waals surface area (Å²) in [5.41, 5.74) is 1.59. The van der Waals surface area contributed by atoms with Gasteiger partial charge in [-0.25, -0.2) is 4.39 Å². The van der Waals surface area contributed by atoms with E-state index in [2.05, 4.69) is 11.1 Å². The van der Waals surface area contributed by atoms with E-state index in [1.807, 2.05) is 18.2 Å². The van der Waals surface area contributed by atoms with Gasteiger partial charge in [-0.1, -0.05) is 18.2 Å². The summed E-state index contributed by atoms with van der Waals surface area (Å²) < 4.78 is 13.9. The zero-order valence-corrected chi connectivity index (χ0v) is 11.9. The first kappa shape index (κ1) is 13.2. The van der Waals surface area contributed by atoms with Crippen LogP contribution in [0.15, 0.2) is 24.3 Å². The Morgan fingerprint density at radius 2 is 2.10 bits per heavy atom. The molecular weight excluding hydrogens is 255 g/mol. The standard InChI is InChI=1S/C16H19FN2O/c1-16(2,17)15(20)19-9-5-7-12-11-6-3-4-8-13(11)18-14(12)10-19/h3-4,6,8,18H,5,7,9-10H2,1-2H3. The van der Waals surface area contributed by atoms with Crippen molar-refractivity contribution in [1.82, 2.24) is 9.88 Å². The molecule has 3 rings (SSSR count). The van der Waals surface area contributed by atoms with Crippen molar-refractivity contribution in [3.05, 3.63) is 35.5 Å². The average Bonchev–Trinajstić information content (AvgIpc) is 2.61. The number of aromatic amines is 1. The number of fused-ring (bicyclic) bond motifs is 3. The molecule has 1 amide bonds. The van der Waals surface area contributed by atoms with Gasteiger partial charge in [0.1, 0.15) is 0 Å². The molecule has 0 unspecified atom stereocenters. The Labute approximate surface area is 117 Å². The van der Waals surface area contributed by atoms with E-state index in [1.165, 1.54) is 24.8 Å². The highest BCUT2D eigenvalue weighted by Gasteiger charge is 2.33. The summed E-state index contributed by atoms with van der Waals surface area (Å²) in [4.78, 5) is 17.1. The highest BCUT2D eigenvalue weighted by Crippen LogP contribution is 2.28. The number of H-pyrrole nitrogens is 1. The van der Waals surface area contributed by atoms with Gasteiger partial charge in [0.05, 0.1) is 6.54 Å². The number of nitrogens with zero attached hydrogens (tertiary/aromatic N) is 1. The minimum absolute atomic E-state index is 0.427. The average molecular weight is 274 g/mol. The molecule has 0 radical (unpaired) electrons. The van der Waals surface area contributed by atoms with E-state index in [0.717, 1.165) is 24.1 Å². The van der Waals surface area contributed by atoms with Gasteiger partial charge in [0.25, 0.3) is 5.91 Å². The third kappa shape index (κ3) is 2.19. The Balaban J connectivity index is 1.97. The van der Waals surface area contributed by atoms with E-state index < -0.39 is 11.6 Å². The molecule has 0 fully saturated rings. The molecule has 2 aromatic rings. The monoisotopic (exact) mass is 274 g/mol. The number of nitrogens with one attached hydrogen (secondary N) is 1. The number of aryl methyl sites for hydroxylation is 1. The molecule has 1 aliphatic rings. The van der Waals surface area contributed by atoms with Gasteiger partial charge in [0.15, 0.2) is 5.67 Å². The first-order valence-electron chi connectivity index (χ1n) is 7.03. The molecule has 0 aliphatic carbocycles. The Kier molecular flexibility index (Phi) is 3.04. The predicted molar refractivity (Wildman–Crippen MR) is 77.2 cm³/mol. The fraction of sp³-hybridized carbons (Fsp3) is 0.438. The van der Waals surface area contributed by atoms with Gasteiger partial charge in [-0.3, -0.25) is 4.79 Å². The summed E-state index contributed by atoms with van der Waals surface area (Å²) >= 11 is 0. The fourth-order valence-electron chi connectivity index (χ4n) is 2.94. The van der Waals surface area contributed by atoms with E-state index in [-0.39, 0.29) is 0 Å². The molecule has 0 atom stereocenters. The molecule has 1 N–H and O–H groups in total. The highest BCUT2D eigenvalue weighted by atomic mass is 19.1. The highest BCUT2D eigenvalue weighted by molar-refractivity contribution is 5.86. The lowest BCUT2D eigenvalue weighted by molar-refractivity contribution is -0.142. The Bertz CT molecular complexity index is 654. The first-order valence-corrected chi connectivity index (χ1v) is 7.03. The van der Waals surface area contributed by atoms with E-state index in [1.54, 1.807) is 4.90 Å². The van der Waals surface area contributed by atoms with Crippen LogP contribution >= 0.6 is 0 Å². The van der Waals surface area contributed by atoms with Crippen LogP contribution in [0.2, 0.25) is 0 Å². The number of amides is 1. The zero-order chi connectivity index (χ0) is 14.3. The van der Waals surface area contributed by atoms with Crippen molar-refractivity contribution in [3.8, 4) is 0 Å². The maximum absolute atomic E-state index is 13.9. The van der Waals surface area contributed by atoms with E-state index in [0.29, 0.717) is 13.1 Å². The second-order valence-corrected chi connectivity index (χ2v) is 5.93. The lowest BCUT2D eigenvalue weighted by Gasteiger charge is -2.25. The van der Waals surface area contributed by atoms with E-state index in [4.69, 9.17) is 0 Å². The van der Waals surface area contributed by atoms with Crippen LogP contribution in [0.5, 0.6) is 0 Å². The number of benzene rings is 1. The van der Waals surface area contributed by atoms with Crippen LogP contribution in [0.3, 0.4) is 0 Å². The van der Waals surface area contributed by atoms with E-state index >= 15 is 0 Å². The lowest BCUT2D eigenvalue weighted by atomic mass is 10.1. The molecule has 4 heteroatoms. The second kappa shape index (κ2) is 4.62. The van der Waals surface area contributed by atoms with Crippen molar-refractivity contribution >= 4 is 16.8 Å². The molecular formula is C16H19FN2O. The number of para-hydroxylation sites is 1. The molecule has 0 bridgehead atoms. The zero-order valence-electron chi connectivity index (χ0n) is 11.9. The van der Waals surface area contributed by atoms with Crippen molar-refractivity contribution in [2.75, 3.05) is 6.54 Å². The summed E-state index contributed by atoms with van der Waals surface area (Å²) in [5.74, 6) is -0.427. The largest absolute Gasteiger partial charge is 0.357 e. The minimum atomic E-state index is -1.81. The Morgan fingerprint density at radius 1 is 1.35 bits per heavy atom. The number of alkyl halides is 1. The van der Waals surface area contributed by atoms with E-state index in [9.17, 15) is 9.18 Å². The van der Waals surface area contributed by atoms with Crippen LogP contribution in [0, 0.1) is 0 Å². The molecule has 0 saturated carbocycles. The van der Waals surface area contributed by atoms with Crippen molar-refractivity contribution in [2.45, 2.75) is 38.9 Å². The Hall–Kier alpha value is -1.84. The van der Waals surface area contributed by atoms with Crippen molar-refractivity contribution < 1.29 is 9.18 Å². The topological polar surface area (TPSA) is 36.1 Å². The van der Waals surface area contributed by atoms with Gasteiger partial charge in [-0.2, -0.15) is 0 Å². The van der Waals surface area contributed by atoms with Crippen LogP contribution in [0.1, 0.15) is 31.5 Å². The number of hydrogen-bond acceptors (Lipinski definition) is 1. The van der Waals surface area contributed by atoms with Gasteiger partial charge in [-0.05, 0) is 38.3 Å². The van der Waals surface area contributed by atoms with Crippen LogP contribution in [0.25, 0.3) is 10.9 Å². The fourth-order valence-corrected chi connectivity index (χ4v) is 2.94. The number of hydrogen-bond donors (Lipinski definition) is 1. The second-order valence-electron chi connectivity index (χ2n) is 5.93.